The van der Waals surface area contributed by atoms with Crippen molar-refractivity contribution in [2.24, 2.45) is 11.7 Å². The summed E-state index contributed by atoms with van der Waals surface area (Å²) in [5.74, 6) is 0.801. The molecular weight excluding hydrogens is 214 g/mol. The first-order valence-corrected chi connectivity index (χ1v) is 6.58. The number of carbonyl (C=O) groups excluding carboxylic acids is 1. The molecule has 4 heteroatoms. The molecule has 1 saturated heterocycles. The van der Waals surface area contributed by atoms with Crippen LogP contribution in [0.15, 0.2) is 11.8 Å². The van der Waals surface area contributed by atoms with Gasteiger partial charge in [-0.2, -0.15) is 0 Å². The van der Waals surface area contributed by atoms with Crippen molar-refractivity contribution in [3.63, 3.8) is 0 Å². The van der Waals surface area contributed by atoms with Gasteiger partial charge in [-0.05, 0) is 44.7 Å². The minimum Gasteiger partial charge on any atom is -0.330 e. The molecule has 2 N–H and O–H groups in total. The summed E-state index contributed by atoms with van der Waals surface area (Å²) in [5, 5.41) is 0. The number of likely N-dealkylation sites (tertiary alicyclic amines) is 1. The number of nitrogens with zero attached hydrogens (tertiary/aromatic N) is 2. The molecule has 2 rings (SSSR count). The van der Waals surface area contributed by atoms with Crippen LogP contribution in [0.5, 0.6) is 0 Å². The molecule has 1 aliphatic heterocycles. The molecule has 0 spiro atoms. The van der Waals surface area contributed by atoms with Gasteiger partial charge in [-0.25, -0.2) is 0 Å². The first kappa shape index (κ1) is 12.6. The molecule has 1 aliphatic carbocycles. The summed E-state index contributed by atoms with van der Waals surface area (Å²) >= 11 is 0. The van der Waals surface area contributed by atoms with Gasteiger partial charge in [-0.3, -0.25) is 9.69 Å². The highest BCUT2D eigenvalue weighted by molar-refractivity contribution is 5.79. The Kier molecular flexibility index (Phi) is 4.18. The molecule has 0 aromatic rings. The van der Waals surface area contributed by atoms with Gasteiger partial charge in [-0.15, -0.1) is 0 Å². The van der Waals surface area contributed by atoms with Crippen LogP contribution in [-0.4, -0.2) is 48.9 Å². The number of allylic oxidation sites excluding steroid dienone is 2. The number of amides is 1. The van der Waals surface area contributed by atoms with Crippen LogP contribution in [0.1, 0.15) is 25.7 Å². The van der Waals surface area contributed by atoms with E-state index >= 15 is 0 Å². The molecule has 4 nitrogen and oxygen atoms in total. The third-order valence-electron chi connectivity index (χ3n) is 3.88. The number of likely N-dealkylation sites (N-methyl/N-ethyl adjacent to an activating group) is 1. The van der Waals surface area contributed by atoms with Gasteiger partial charge in [-0.1, -0.05) is 6.08 Å². The summed E-state index contributed by atoms with van der Waals surface area (Å²) in [5.41, 5.74) is 6.85. The molecule has 2 aliphatic rings. The maximum Gasteiger partial charge on any atom is 0.240 e. The number of hydrogen-bond donors (Lipinski definition) is 1. The van der Waals surface area contributed by atoms with Crippen LogP contribution in [0.25, 0.3) is 0 Å². The zero-order valence-electron chi connectivity index (χ0n) is 10.7. The molecule has 1 unspecified atom stereocenters. The largest absolute Gasteiger partial charge is 0.330 e. The van der Waals surface area contributed by atoms with Gasteiger partial charge in [0.15, 0.2) is 0 Å². The average molecular weight is 237 g/mol. The average Bonchev–Trinajstić information content (AvgIpc) is 2.98. The van der Waals surface area contributed by atoms with E-state index in [0.29, 0.717) is 12.5 Å². The van der Waals surface area contributed by atoms with Gasteiger partial charge in [0.05, 0.1) is 6.54 Å². The molecule has 1 fully saturated rings. The molecule has 17 heavy (non-hydrogen) atoms. The van der Waals surface area contributed by atoms with Gasteiger partial charge in [0.2, 0.25) is 5.91 Å². The van der Waals surface area contributed by atoms with E-state index in [1.165, 1.54) is 12.1 Å². The number of hydrogen-bond acceptors (Lipinski definition) is 3. The maximum atomic E-state index is 12.1. The molecule has 0 saturated carbocycles. The molecule has 0 aromatic heterocycles. The SMILES string of the molecule is CN(C(=O)CN1CCC(CN)C1)C1=CCCC1. The Morgan fingerprint density at radius 3 is 3.06 bits per heavy atom. The molecular formula is C13H23N3O. The van der Waals surface area contributed by atoms with E-state index in [-0.39, 0.29) is 5.91 Å². The van der Waals surface area contributed by atoms with Crippen molar-refractivity contribution >= 4 is 5.91 Å². The Labute approximate surface area is 103 Å². The second kappa shape index (κ2) is 5.65. The Hall–Kier alpha value is -0.870. The normalized spacial score (nSPS) is 25.1. The van der Waals surface area contributed by atoms with Gasteiger partial charge in [0.1, 0.15) is 0 Å². The van der Waals surface area contributed by atoms with E-state index in [4.69, 9.17) is 5.73 Å². The summed E-state index contributed by atoms with van der Waals surface area (Å²) < 4.78 is 0. The molecule has 1 amide bonds. The molecule has 1 atom stereocenters. The van der Waals surface area contributed by atoms with Gasteiger partial charge in [0.25, 0.3) is 0 Å². The number of carbonyl (C=O) groups is 1. The Morgan fingerprint density at radius 2 is 2.47 bits per heavy atom. The molecule has 1 heterocycles. The van der Waals surface area contributed by atoms with E-state index < -0.39 is 0 Å². The second-order valence-corrected chi connectivity index (χ2v) is 5.17. The van der Waals surface area contributed by atoms with Gasteiger partial charge in [0, 0.05) is 19.3 Å². The maximum absolute atomic E-state index is 12.1. The van der Waals surface area contributed by atoms with Crippen LogP contribution in [0.4, 0.5) is 0 Å². The second-order valence-electron chi connectivity index (χ2n) is 5.17. The Balaban J connectivity index is 1.81. The van der Waals surface area contributed by atoms with Crippen LogP contribution in [0.2, 0.25) is 0 Å². The third-order valence-corrected chi connectivity index (χ3v) is 3.88. The zero-order chi connectivity index (χ0) is 12.3. The van der Waals surface area contributed by atoms with Crippen molar-refractivity contribution in [3.05, 3.63) is 11.8 Å². The van der Waals surface area contributed by atoms with Crippen molar-refractivity contribution in [3.8, 4) is 0 Å². The smallest absolute Gasteiger partial charge is 0.240 e. The lowest BCUT2D eigenvalue weighted by atomic mass is 10.1. The van der Waals surface area contributed by atoms with E-state index in [1.54, 1.807) is 0 Å². The van der Waals surface area contributed by atoms with Crippen LogP contribution >= 0.6 is 0 Å². The van der Waals surface area contributed by atoms with Crippen molar-refractivity contribution in [1.82, 2.24) is 9.80 Å². The Bertz CT molecular complexity index is 314. The van der Waals surface area contributed by atoms with Crippen molar-refractivity contribution in [1.29, 1.82) is 0 Å². The highest BCUT2D eigenvalue weighted by Gasteiger charge is 2.25. The molecule has 0 aromatic carbocycles. The van der Waals surface area contributed by atoms with Crippen LogP contribution < -0.4 is 5.73 Å². The van der Waals surface area contributed by atoms with Crippen LogP contribution in [-0.2, 0) is 4.79 Å². The topological polar surface area (TPSA) is 49.6 Å². The van der Waals surface area contributed by atoms with Crippen molar-refractivity contribution < 1.29 is 4.79 Å². The van der Waals surface area contributed by atoms with Crippen LogP contribution in [0, 0.1) is 5.92 Å². The molecule has 0 bridgehead atoms. The lowest BCUT2D eigenvalue weighted by Gasteiger charge is -2.22. The zero-order valence-corrected chi connectivity index (χ0v) is 10.7. The number of rotatable bonds is 4. The summed E-state index contributed by atoms with van der Waals surface area (Å²) in [7, 11) is 1.90. The highest BCUT2D eigenvalue weighted by Crippen LogP contribution is 2.21. The fourth-order valence-electron chi connectivity index (χ4n) is 2.66. The minimum atomic E-state index is 0.218. The quantitative estimate of drug-likeness (QED) is 0.786. The lowest BCUT2D eigenvalue weighted by Crippen LogP contribution is -2.37. The lowest BCUT2D eigenvalue weighted by molar-refractivity contribution is -0.129. The van der Waals surface area contributed by atoms with E-state index in [0.717, 1.165) is 38.9 Å². The highest BCUT2D eigenvalue weighted by atomic mass is 16.2. The van der Waals surface area contributed by atoms with Gasteiger partial charge >= 0.3 is 0 Å². The van der Waals surface area contributed by atoms with Gasteiger partial charge < -0.3 is 10.6 Å². The first-order valence-electron chi connectivity index (χ1n) is 6.58. The van der Waals surface area contributed by atoms with E-state index in [9.17, 15) is 4.79 Å². The summed E-state index contributed by atoms with van der Waals surface area (Å²) in [6, 6.07) is 0. The van der Waals surface area contributed by atoms with E-state index in [1.807, 2.05) is 11.9 Å². The fraction of sp³-hybridized carbons (Fsp3) is 0.769. The molecule has 96 valence electrons. The molecule has 0 radical (unpaired) electrons. The summed E-state index contributed by atoms with van der Waals surface area (Å²) in [4.78, 5) is 16.2. The fourth-order valence-corrected chi connectivity index (χ4v) is 2.66. The van der Waals surface area contributed by atoms with E-state index in [2.05, 4.69) is 11.0 Å². The first-order chi connectivity index (χ1) is 8.20. The predicted octanol–water partition coefficient (Wildman–Crippen LogP) is 0.793. The predicted molar refractivity (Wildman–Crippen MR) is 68.3 cm³/mol. The minimum absolute atomic E-state index is 0.218. The summed E-state index contributed by atoms with van der Waals surface area (Å²) in [6.07, 6.45) is 6.67. The van der Waals surface area contributed by atoms with Crippen molar-refractivity contribution in [2.75, 3.05) is 33.2 Å². The van der Waals surface area contributed by atoms with Crippen LogP contribution in [0.3, 0.4) is 0 Å². The Morgan fingerprint density at radius 1 is 1.65 bits per heavy atom. The summed E-state index contributed by atoms with van der Waals surface area (Å²) in [6.45, 7) is 3.28. The third kappa shape index (κ3) is 3.07. The monoisotopic (exact) mass is 237 g/mol. The standard InChI is InChI=1S/C13H23N3O/c1-15(12-4-2-3-5-12)13(17)10-16-7-6-11(8-14)9-16/h4,11H,2-3,5-10,14H2,1H3. The van der Waals surface area contributed by atoms with Crippen molar-refractivity contribution in [2.45, 2.75) is 25.7 Å². The number of nitrogens with two attached hydrogens (primary N) is 1.